The minimum absolute atomic E-state index is 0.0715. The number of amides is 3. The highest BCUT2D eigenvalue weighted by Crippen LogP contribution is 2.39. The summed E-state index contributed by atoms with van der Waals surface area (Å²) in [6.45, 7) is 4.32. The van der Waals surface area contributed by atoms with Crippen LogP contribution in [0.25, 0.3) is 0 Å². The van der Waals surface area contributed by atoms with Crippen molar-refractivity contribution in [3.05, 3.63) is 23.8 Å². The zero-order valence-corrected chi connectivity index (χ0v) is 17.1. The molecule has 156 valence electrons. The second-order valence-corrected chi connectivity index (χ2v) is 6.70. The first-order chi connectivity index (χ1) is 13.5. The number of likely N-dealkylation sites (tertiary alicyclic amines) is 1. The van der Waals surface area contributed by atoms with E-state index in [0.29, 0.717) is 44.3 Å². The molecule has 1 aliphatic heterocycles. The second-order valence-electron chi connectivity index (χ2n) is 6.70. The van der Waals surface area contributed by atoms with Gasteiger partial charge in [-0.05, 0) is 31.5 Å². The van der Waals surface area contributed by atoms with Gasteiger partial charge in [-0.2, -0.15) is 0 Å². The molecule has 0 unspecified atom stereocenters. The lowest BCUT2D eigenvalue weighted by Crippen LogP contribution is -2.40. The van der Waals surface area contributed by atoms with Gasteiger partial charge in [-0.25, -0.2) is 4.79 Å². The van der Waals surface area contributed by atoms with E-state index in [1.807, 2.05) is 25.1 Å². The maximum atomic E-state index is 12.9. The summed E-state index contributed by atoms with van der Waals surface area (Å²) in [4.78, 5) is 27.0. The number of hydrogen-bond donors (Lipinski definition) is 2. The Hall–Kier alpha value is -2.48. The van der Waals surface area contributed by atoms with Crippen LogP contribution in [0.5, 0.6) is 11.5 Å². The van der Waals surface area contributed by atoms with Crippen LogP contribution >= 0.6 is 0 Å². The number of carbonyl (C=O) groups is 2. The molecule has 1 aromatic rings. The third kappa shape index (κ3) is 5.28. The van der Waals surface area contributed by atoms with Crippen molar-refractivity contribution in [2.45, 2.75) is 19.3 Å². The highest BCUT2D eigenvalue weighted by Gasteiger charge is 2.41. The number of benzene rings is 1. The van der Waals surface area contributed by atoms with Crippen molar-refractivity contribution in [2.75, 3.05) is 54.1 Å². The minimum atomic E-state index is -0.369. The topological polar surface area (TPSA) is 89.1 Å². The van der Waals surface area contributed by atoms with Crippen molar-refractivity contribution < 1.29 is 23.8 Å². The number of rotatable bonds is 9. The van der Waals surface area contributed by atoms with Crippen LogP contribution in [0.15, 0.2) is 18.2 Å². The van der Waals surface area contributed by atoms with E-state index in [4.69, 9.17) is 14.2 Å². The molecule has 1 saturated heterocycles. The Labute approximate surface area is 166 Å². The normalized spacial score (nSPS) is 18.6. The minimum Gasteiger partial charge on any atom is -0.497 e. The van der Waals surface area contributed by atoms with Gasteiger partial charge in [-0.3, -0.25) is 4.79 Å². The highest BCUT2D eigenvalue weighted by atomic mass is 16.5. The molecular formula is C20H31N3O5. The van der Waals surface area contributed by atoms with Gasteiger partial charge in [0.25, 0.3) is 0 Å². The van der Waals surface area contributed by atoms with Crippen molar-refractivity contribution in [1.82, 2.24) is 15.5 Å². The molecule has 2 atom stereocenters. The molecule has 2 N–H and O–H groups in total. The van der Waals surface area contributed by atoms with Crippen LogP contribution in [-0.2, 0) is 9.53 Å². The highest BCUT2D eigenvalue weighted by molar-refractivity contribution is 5.83. The molecule has 0 aromatic heterocycles. The predicted molar refractivity (Wildman–Crippen MR) is 106 cm³/mol. The average molecular weight is 393 g/mol. The molecule has 28 heavy (non-hydrogen) atoms. The molecule has 0 aliphatic carbocycles. The molecule has 0 bridgehead atoms. The summed E-state index contributed by atoms with van der Waals surface area (Å²) in [5.41, 5.74) is 0.866. The molecule has 0 radical (unpaired) electrons. The van der Waals surface area contributed by atoms with Crippen LogP contribution in [0.2, 0.25) is 0 Å². The quantitative estimate of drug-likeness (QED) is 0.622. The molecule has 2 rings (SSSR count). The van der Waals surface area contributed by atoms with E-state index in [1.54, 1.807) is 26.2 Å². The van der Waals surface area contributed by atoms with E-state index < -0.39 is 0 Å². The number of nitrogens with one attached hydrogen (secondary N) is 2. The van der Waals surface area contributed by atoms with Gasteiger partial charge in [0.1, 0.15) is 11.5 Å². The number of ether oxygens (including phenoxy) is 3. The van der Waals surface area contributed by atoms with Crippen molar-refractivity contribution in [3.63, 3.8) is 0 Å². The van der Waals surface area contributed by atoms with Crippen LogP contribution < -0.4 is 20.1 Å². The summed E-state index contributed by atoms with van der Waals surface area (Å²) in [6.07, 6.45) is 0.738. The van der Waals surface area contributed by atoms with Crippen LogP contribution in [0.4, 0.5) is 4.79 Å². The Balaban J connectivity index is 2.26. The summed E-state index contributed by atoms with van der Waals surface area (Å²) in [5, 5.41) is 5.78. The fourth-order valence-electron chi connectivity index (χ4n) is 3.50. The largest absolute Gasteiger partial charge is 0.497 e. The van der Waals surface area contributed by atoms with E-state index >= 15 is 0 Å². The first kappa shape index (κ1) is 21.8. The first-order valence-corrected chi connectivity index (χ1v) is 9.57. The van der Waals surface area contributed by atoms with Crippen molar-refractivity contribution in [3.8, 4) is 11.5 Å². The Morgan fingerprint density at radius 1 is 1.14 bits per heavy atom. The summed E-state index contributed by atoms with van der Waals surface area (Å²) >= 11 is 0. The predicted octanol–water partition coefficient (Wildman–Crippen LogP) is 1.60. The lowest BCUT2D eigenvalue weighted by Gasteiger charge is -2.21. The first-order valence-electron chi connectivity index (χ1n) is 9.57. The summed E-state index contributed by atoms with van der Waals surface area (Å²) in [7, 11) is 4.83. The molecule has 1 aromatic carbocycles. The van der Waals surface area contributed by atoms with Crippen LogP contribution in [0, 0.1) is 5.92 Å². The fraction of sp³-hybridized carbons (Fsp3) is 0.600. The Morgan fingerprint density at radius 3 is 2.57 bits per heavy atom. The van der Waals surface area contributed by atoms with Gasteiger partial charge in [0.2, 0.25) is 5.91 Å². The molecule has 3 amide bonds. The fourth-order valence-corrected chi connectivity index (χ4v) is 3.50. The van der Waals surface area contributed by atoms with Crippen LogP contribution in [0.3, 0.4) is 0 Å². The number of nitrogens with zero attached hydrogens (tertiary/aromatic N) is 1. The van der Waals surface area contributed by atoms with E-state index in [9.17, 15) is 9.59 Å². The lowest BCUT2D eigenvalue weighted by molar-refractivity contribution is -0.124. The van der Waals surface area contributed by atoms with E-state index in [2.05, 4.69) is 10.6 Å². The van der Waals surface area contributed by atoms with Gasteiger partial charge in [0.15, 0.2) is 0 Å². The average Bonchev–Trinajstić information content (AvgIpc) is 3.16. The zero-order valence-electron chi connectivity index (χ0n) is 17.1. The molecule has 1 fully saturated rings. The van der Waals surface area contributed by atoms with Crippen LogP contribution in [0.1, 0.15) is 24.8 Å². The molecule has 1 aliphatic rings. The van der Waals surface area contributed by atoms with Crippen molar-refractivity contribution in [2.24, 2.45) is 5.92 Å². The maximum Gasteiger partial charge on any atom is 0.317 e. The smallest absolute Gasteiger partial charge is 0.317 e. The van der Waals surface area contributed by atoms with Crippen LogP contribution in [-0.4, -0.2) is 71.0 Å². The van der Waals surface area contributed by atoms with Gasteiger partial charge >= 0.3 is 6.03 Å². The SMILES string of the molecule is CCNC(=O)N1C[C@H](c2cc(OC)ccc2OC)[C@H](C(=O)NCCCOC)C1. The van der Waals surface area contributed by atoms with Gasteiger partial charge < -0.3 is 29.7 Å². The maximum absolute atomic E-state index is 12.9. The molecule has 1 heterocycles. The third-order valence-corrected chi connectivity index (χ3v) is 4.93. The Bertz CT molecular complexity index is 667. The molecule has 0 spiro atoms. The van der Waals surface area contributed by atoms with Gasteiger partial charge in [0, 0.05) is 51.4 Å². The third-order valence-electron chi connectivity index (χ3n) is 4.93. The number of hydrogen-bond acceptors (Lipinski definition) is 5. The van der Waals surface area contributed by atoms with E-state index in [-0.39, 0.29) is 23.8 Å². The standard InChI is InChI=1S/C20H31N3O5/c1-5-21-20(25)23-12-16(15-11-14(27-3)7-8-18(15)28-4)17(13-23)19(24)22-9-6-10-26-2/h7-8,11,16-17H,5-6,9-10,12-13H2,1-4H3,(H,21,25)(H,22,24)/t16-,17-/m1/s1. The summed E-state index contributed by atoms with van der Waals surface area (Å²) < 4.78 is 15.9. The van der Waals surface area contributed by atoms with E-state index in [1.165, 1.54) is 0 Å². The number of urea groups is 1. The molecule has 0 saturated carbocycles. The molecule has 8 heteroatoms. The Morgan fingerprint density at radius 2 is 1.93 bits per heavy atom. The summed E-state index contributed by atoms with van der Waals surface area (Å²) in [5.74, 6) is 0.742. The Kier molecular flexibility index (Phi) is 8.38. The molecule has 8 nitrogen and oxygen atoms in total. The van der Waals surface area contributed by atoms with Gasteiger partial charge in [-0.1, -0.05) is 0 Å². The second kappa shape index (κ2) is 10.8. The van der Waals surface area contributed by atoms with Crippen molar-refractivity contribution in [1.29, 1.82) is 0 Å². The van der Waals surface area contributed by atoms with Gasteiger partial charge in [0.05, 0.1) is 20.1 Å². The summed E-state index contributed by atoms with van der Waals surface area (Å²) in [6, 6.07) is 5.37. The zero-order chi connectivity index (χ0) is 20.5. The van der Waals surface area contributed by atoms with Gasteiger partial charge in [-0.15, -0.1) is 0 Å². The lowest BCUT2D eigenvalue weighted by atomic mass is 9.87. The molecular weight excluding hydrogens is 362 g/mol. The number of carbonyl (C=O) groups excluding carboxylic acids is 2. The number of methoxy groups -OCH3 is 3. The van der Waals surface area contributed by atoms with E-state index in [0.717, 1.165) is 12.0 Å². The van der Waals surface area contributed by atoms with Crippen molar-refractivity contribution >= 4 is 11.9 Å². The monoisotopic (exact) mass is 393 g/mol.